The minimum Gasteiger partial charge on any atom is -0.457 e. The van der Waals surface area contributed by atoms with E-state index in [1.54, 1.807) is 0 Å². The average molecular weight is 1210 g/mol. The summed E-state index contributed by atoms with van der Waals surface area (Å²) in [5, 5.41) is 0. The molecule has 0 aromatic heterocycles. The highest BCUT2D eigenvalue weighted by atomic mass is 16.5. The van der Waals surface area contributed by atoms with Gasteiger partial charge in [0.1, 0.15) is 23.0 Å². The van der Waals surface area contributed by atoms with Gasteiger partial charge in [-0.15, -0.1) is 0 Å². The number of anilines is 6. The van der Waals surface area contributed by atoms with Crippen LogP contribution in [0.3, 0.4) is 0 Å². The maximum Gasteiger partial charge on any atom is 0.132 e. The SMILES string of the molecule is Cc1ccccc1-c1ccc2c(c1)C1(c3ccccc3Oc3ccccc31)c1cc(-c3ccccc3C)ccc1N2c1cccc(-c2cccc(N3c4ccc(-c5ccccc5C)cc4C4(c5ccccc5Oc5ccccc54)c4cc(-c5ccccc5C)ccc43)c2)c1. The number of ether oxygens (including phenoxy) is 2. The minimum absolute atomic E-state index is 0.786. The molecule has 0 saturated carbocycles. The third kappa shape index (κ3) is 8.19. The third-order valence-corrected chi connectivity index (χ3v) is 20.5. The standard InChI is InChI=1S/C90H64N2O2/c1-57-23-5-9-31-69(57)63-43-47-81-77(53-63)89(73-35-13-17-39-85(73)93-86-40-18-14-36-74(86)89)78-54-64(70-32-10-6-24-58(70)2)44-48-82(78)91(81)67-29-21-27-61(51-67)62-28-22-30-68(52-62)92-83-49-45-65(71-33-11-7-25-59(71)3)55-79(83)90(75-37-15-19-41-87(75)94-88-42-20-16-38-76(88)90)80-56-66(46-50-84(80)92)72-34-12-8-26-60(72)4/h5-56H,1-4H3. The van der Waals surface area contributed by atoms with Crippen molar-refractivity contribution in [3.63, 3.8) is 0 Å². The Hall–Kier alpha value is -11.7. The Kier molecular flexibility index (Phi) is 12.6. The maximum atomic E-state index is 6.96. The molecule has 4 heterocycles. The number of hydrogen-bond acceptors (Lipinski definition) is 4. The highest BCUT2D eigenvalue weighted by molar-refractivity contribution is 5.97. The smallest absolute Gasteiger partial charge is 0.132 e. The highest BCUT2D eigenvalue weighted by Gasteiger charge is 2.53. The molecule has 0 N–H and O–H groups in total. The van der Waals surface area contributed by atoms with Gasteiger partial charge >= 0.3 is 0 Å². The van der Waals surface area contributed by atoms with Crippen LogP contribution in [0.4, 0.5) is 34.1 Å². The summed E-state index contributed by atoms with van der Waals surface area (Å²) in [6, 6.07) is 117. The zero-order chi connectivity index (χ0) is 62.8. The van der Waals surface area contributed by atoms with Crippen LogP contribution >= 0.6 is 0 Å². The van der Waals surface area contributed by atoms with E-state index >= 15 is 0 Å². The Bertz CT molecular complexity index is 4820. The van der Waals surface area contributed by atoms with E-state index in [4.69, 9.17) is 9.47 Å². The maximum absolute atomic E-state index is 6.96. The number of rotatable bonds is 7. The van der Waals surface area contributed by atoms with Gasteiger partial charge in [0.05, 0.1) is 33.6 Å². The molecule has 4 aliphatic rings. The lowest BCUT2D eigenvalue weighted by Gasteiger charge is -2.49. The molecule has 2 spiro atoms. The predicted molar refractivity (Wildman–Crippen MR) is 386 cm³/mol. The second-order valence-corrected chi connectivity index (χ2v) is 25.6. The number of nitrogens with zero attached hydrogens (tertiary/aromatic N) is 2. The van der Waals surface area contributed by atoms with Crippen molar-refractivity contribution in [1.82, 2.24) is 0 Å². The van der Waals surface area contributed by atoms with Gasteiger partial charge in [0.15, 0.2) is 0 Å². The lowest BCUT2D eigenvalue weighted by atomic mass is 9.60. The van der Waals surface area contributed by atoms with Crippen LogP contribution in [-0.4, -0.2) is 0 Å². The normalized spacial score (nSPS) is 13.8. The van der Waals surface area contributed by atoms with Crippen molar-refractivity contribution in [1.29, 1.82) is 0 Å². The number of aryl methyl sites for hydroxylation is 4. The number of benzene rings is 14. The van der Waals surface area contributed by atoms with Gasteiger partial charge in [-0.3, -0.25) is 0 Å². The van der Waals surface area contributed by atoms with E-state index in [-0.39, 0.29) is 0 Å². The molecule has 446 valence electrons. The predicted octanol–water partition coefficient (Wildman–Crippen LogP) is 23.8. The van der Waals surface area contributed by atoms with Crippen LogP contribution in [0.5, 0.6) is 23.0 Å². The molecule has 18 rings (SSSR count). The number of hydrogen-bond donors (Lipinski definition) is 0. The van der Waals surface area contributed by atoms with Gasteiger partial charge in [-0.1, -0.05) is 218 Å². The monoisotopic (exact) mass is 1200 g/mol. The summed E-state index contributed by atoms with van der Waals surface area (Å²) >= 11 is 0. The van der Waals surface area contributed by atoms with E-state index < -0.39 is 10.8 Å². The van der Waals surface area contributed by atoms with Crippen molar-refractivity contribution >= 4 is 34.1 Å². The second kappa shape index (κ2) is 21.4. The van der Waals surface area contributed by atoms with Crippen molar-refractivity contribution in [2.75, 3.05) is 9.80 Å². The topological polar surface area (TPSA) is 24.9 Å². The Morgan fingerprint density at radius 2 is 0.468 bits per heavy atom. The zero-order valence-electron chi connectivity index (χ0n) is 52.7. The fourth-order valence-electron chi connectivity index (χ4n) is 16.3. The van der Waals surface area contributed by atoms with Gasteiger partial charge in [-0.2, -0.15) is 0 Å². The molecule has 0 fully saturated rings. The molecular formula is C90H64N2O2. The summed E-state index contributed by atoms with van der Waals surface area (Å²) < 4.78 is 13.9. The van der Waals surface area contributed by atoms with Crippen molar-refractivity contribution in [3.05, 3.63) is 382 Å². The van der Waals surface area contributed by atoms with E-state index in [1.807, 2.05) is 0 Å². The molecule has 0 atom stereocenters. The first-order valence-electron chi connectivity index (χ1n) is 32.6. The minimum atomic E-state index is -0.786. The first-order chi connectivity index (χ1) is 46.2. The summed E-state index contributed by atoms with van der Waals surface area (Å²) in [5.74, 6) is 3.41. The van der Waals surface area contributed by atoms with Crippen molar-refractivity contribution < 1.29 is 9.47 Å². The first kappa shape index (κ1) is 55.1. The summed E-state index contributed by atoms with van der Waals surface area (Å²) in [7, 11) is 0. The Morgan fingerprint density at radius 1 is 0.213 bits per heavy atom. The van der Waals surface area contributed by atoms with Crippen LogP contribution < -0.4 is 19.3 Å². The molecule has 94 heavy (non-hydrogen) atoms. The van der Waals surface area contributed by atoms with Crippen LogP contribution in [0.25, 0.3) is 55.6 Å². The summed E-state index contributed by atoms with van der Waals surface area (Å²) in [4.78, 5) is 5.04. The van der Waals surface area contributed by atoms with E-state index in [0.717, 1.165) is 113 Å². The molecule has 0 saturated heterocycles. The molecule has 0 aliphatic carbocycles. The fraction of sp³-hybridized carbons (Fsp3) is 0.0667. The highest BCUT2D eigenvalue weighted by Crippen LogP contribution is 2.66. The molecule has 0 amide bonds. The Labute approximate surface area is 549 Å². The molecule has 14 aromatic carbocycles. The van der Waals surface area contributed by atoms with E-state index in [1.165, 1.54) is 66.8 Å². The lowest BCUT2D eigenvalue weighted by molar-refractivity contribution is 0.434. The van der Waals surface area contributed by atoms with Crippen LogP contribution in [0, 0.1) is 27.7 Å². The molecule has 0 radical (unpaired) electrons. The molecular weight excluding hydrogens is 1140 g/mol. The van der Waals surface area contributed by atoms with Crippen molar-refractivity contribution in [2.45, 2.75) is 38.5 Å². The van der Waals surface area contributed by atoms with Crippen LogP contribution in [0.2, 0.25) is 0 Å². The van der Waals surface area contributed by atoms with Gasteiger partial charge in [0.25, 0.3) is 0 Å². The molecule has 0 unspecified atom stereocenters. The molecule has 4 aliphatic heterocycles. The van der Waals surface area contributed by atoms with Gasteiger partial charge in [0.2, 0.25) is 0 Å². The average Bonchev–Trinajstić information content (AvgIpc) is 0.686. The van der Waals surface area contributed by atoms with Crippen molar-refractivity contribution in [2.24, 2.45) is 0 Å². The molecule has 4 nitrogen and oxygen atoms in total. The van der Waals surface area contributed by atoms with Gasteiger partial charge < -0.3 is 19.3 Å². The lowest BCUT2D eigenvalue weighted by Crippen LogP contribution is -2.39. The Morgan fingerprint density at radius 3 is 0.745 bits per heavy atom. The molecule has 0 bridgehead atoms. The van der Waals surface area contributed by atoms with E-state index in [0.29, 0.717) is 0 Å². The zero-order valence-corrected chi connectivity index (χ0v) is 52.7. The molecule has 14 aromatic rings. The Balaban J connectivity index is 0.859. The van der Waals surface area contributed by atoms with Crippen LogP contribution in [-0.2, 0) is 10.8 Å². The van der Waals surface area contributed by atoms with Crippen LogP contribution in [0.15, 0.2) is 315 Å². The van der Waals surface area contributed by atoms with Crippen LogP contribution in [0.1, 0.15) is 66.8 Å². The fourth-order valence-corrected chi connectivity index (χ4v) is 16.3. The first-order valence-corrected chi connectivity index (χ1v) is 32.6. The summed E-state index contributed by atoms with van der Waals surface area (Å²) in [6.07, 6.45) is 0. The van der Waals surface area contributed by atoms with E-state index in [2.05, 4.69) is 353 Å². The second-order valence-electron chi connectivity index (χ2n) is 25.6. The largest absolute Gasteiger partial charge is 0.457 e. The van der Waals surface area contributed by atoms with Gasteiger partial charge in [0, 0.05) is 33.6 Å². The molecule has 4 heteroatoms. The number of fused-ring (bicyclic) bond motifs is 16. The quantitative estimate of drug-likeness (QED) is 0.159. The van der Waals surface area contributed by atoms with Gasteiger partial charge in [-0.25, -0.2) is 0 Å². The van der Waals surface area contributed by atoms with Gasteiger partial charge in [-0.05, 0) is 225 Å². The van der Waals surface area contributed by atoms with E-state index in [9.17, 15) is 0 Å². The van der Waals surface area contributed by atoms with Crippen molar-refractivity contribution in [3.8, 4) is 78.6 Å². The third-order valence-electron chi connectivity index (χ3n) is 20.5. The summed E-state index contributed by atoms with van der Waals surface area (Å²) in [5.41, 5.74) is 30.7. The number of para-hydroxylation sites is 4. The summed E-state index contributed by atoms with van der Waals surface area (Å²) in [6.45, 7) is 8.87.